The Hall–Kier alpha value is -0.570. The van der Waals surface area contributed by atoms with Crippen molar-refractivity contribution in [1.82, 2.24) is 5.73 Å². The van der Waals surface area contributed by atoms with E-state index in [0.717, 1.165) is 25.7 Å². The zero-order chi connectivity index (χ0) is 9.68. The van der Waals surface area contributed by atoms with E-state index in [1.54, 1.807) is 0 Å². The molecular formula is C10H18NO2. The largest absolute Gasteiger partial charge is 0.468 e. The van der Waals surface area contributed by atoms with Crippen LogP contribution in [0.3, 0.4) is 0 Å². The fraction of sp³-hybridized carbons (Fsp3) is 0.900. The van der Waals surface area contributed by atoms with E-state index in [0.29, 0.717) is 0 Å². The summed E-state index contributed by atoms with van der Waals surface area (Å²) in [5.74, 6) is -0.137. The summed E-state index contributed by atoms with van der Waals surface area (Å²) in [6.45, 7) is 0. The van der Waals surface area contributed by atoms with Crippen molar-refractivity contribution in [3.63, 3.8) is 0 Å². The van der Waals surface area contributed by atoms with Gasteiger partial charge in [0.25, 0.3) is 0 Å². The molecule has 3 nitrogen and oxygen atoms in total. The van der Waals surface area contributed by atoms with Gasteiger partial charge in [-0.05, 0) is 18.8 Å². The smallest absolute Gasteiger partial charge is 0.324 e. The van der Waals surface area contributed by atoms with Gasteiger partial charge in [0.15, 0.2) is 0 Å². The summed E-state index contributed by atoms with van der Waals surface area (Å²) in [4.78, 5) is 11.1. The highest BCUT2D eigenvalue weighted by molar-refractivity contribution is 5.75. The number of hydrogen-bond acceptors (Lipinski definition) is 2. The molecule has 1 radical (unpaired) electrons. The van der Waals surface area contributed by atoms with Gasteiger partial charge in [0.1, 0.15) is 6.04 Å². The highest BCUT2D eigenvalue weighted by Crippen LogP contribution is 2.25. The standard InChI is InChI=1S/C10H18NO2/c1-13-10(12)9(11)8-6-4-2-3-5-7-8/h8-9,11H,2-7H2,1H3. The fourth-order valence-electron chi connectivity index (χ4n) is 1.96. The van der Waals surface area contributed by atoms with Gasteiger partial charge in [0.05, 0.1) is 7.11 Å². The number of hydrogen-bond donors (Lipinski definition) is 0. The van der Waals surface area contributed by atoms with Gasteiger partial charge in [-0.15, -0.1) is 0 Å². The molecule has 1 fully saturated rings. The molecule has 0 amide bonds. The van der Waals surface area contributed by atoms with E-state index in [9.17, 15) is 4.79 Å². The lowest BCUT2D eigenvalue weighted by Gasteiger charge is -2.18. The second-order valence-electron chi connectivity index (χ2n) is 3.75. The summed E-state index contributed by atoms with van der Waals surface area (Å²) in [5, 5.41) is 0. The average Bonchev–Trinajstić information content (AvgIpc) is 2.43. The SMILES string of the molecule is COC(=O)C([NH])C1CCCCCC1. The summed E-state index contributed by atoms with van der Waals surface area (Å²) in [5.41, 5.74) is 7.70. The van der Waals surface area contributed by atoms with Crippen molar-refractivity contribution in [2.75, 3.05) is 7.11 Å². The molecule has 0 saturated heterocycles. The van der Waals surface area contributed by atoms with Crippen molar-refractivity contribution < 1.29 is 9.53 Å². The Morgan fingerprint density at radius 3 is 2.31 bits per heavy atom. The highest BCUT2D eigenvalue weighted by Gasteiger charge is 2.26. The first kappa shape index (κ1) is 10.5. The Morgan fingerprint density at radius 2 is 1.85 bits per heavy atom. The van der Waals surface area contributed by atoms with Gasteiger partial charge >= 0.3 is 5.97 Å². The van der Waals surface area contributed by atoms with Crippen LogP contribution in [0.2, 0.25) is 0 Å². The van der Waals surface area contributed by atoms with E-state index in [4.69, 9.17) is 5.73 Å². The highest BCUT2D eigenvalue weighted by atomic mass is 16.5. The predicted octanol–water partition coefficient (Wildman–Crippen LogP) is 1.78. The molecule has 1 aliphatic rings. The molecule has 0 aromatic carbocycles. The molecule has 0 aromatic heterocycles. The van der Waals surface area contributed by atoms with Crippen LogP contribution in [-0.4, -0.2) is 19.1 Å². The molecule has 1 saturated carbocycles. The van der Waals surface area contributed by atoms with E-state index in [2.05, 4.69) is 4.74 Å². The van der Waals surface area contributed by atoms with Gasteiger partial charge in [-0.3, -0.25) is 4.79 Å². The van der Waals surface area contributed by atoms with Gasteiger partial charge in [-0.2, -0.15) is 0 Å². The van der Waals surface area contributed by atoms with Gasteiger partial charge in [-0.1, -0.05) is 25.7 Å². The number of rotatable bonds is 2. The summed E-state index contributed by atoms with van der Waals surface area (Å²) in [7, 11) is 1.36. The van der Waals surface area contributed by atoms with Gasteiger partial charge in [-0.25, -0.2) is 5.73 Å². The summed E-state index contributed by atoms with van der Waals surface area (Å²) in [6.07, 6.45) is 6.87. The van der Waals surface area contributed by atoms with Gasteiger partial charge < -0.3 is 4.74 Å². The lowest BCUT2D eigenvalue weighted by Crippen LogP contribution is -2.31. The number of esters is 1. The minimum Gasteiger partial charge on any atom is -0.468 e. The maximum Gasteiger partial charge on any atom is 0.324 e. The number of nitrogens with one attached hydrogen (secondary N) is 1. The van der Waals surface area contributed by atoms with Crippen molar-refractivity contribution in [1.29, 1.82) is 0 Å². The minimum atomic E-state index is -0.650. The molecule has 1 N–H and O–H groups in total. The van der Waals surface area contributed by atoms with Crippen LogP contribution in [0.15, 0.2) is 0 Å². The molecule has 13 heavy (non-hydrogen) atoms. The summed E-state index contributed by atoms with van der Waals surface area (Å²) in [6, 6.07) is -0.650. The maximum atomic E-state index is 11.1. The average molecular weight is 184 g/mol. The molecule has 0 aliphatic heterocycles. The molecule has 0 heterocycles. The number of ether oxygens (including phenoxy) is 1. The number of carbonyl (C=O) groups excluding carboxylic acids is 1. The van der Waals surface area contributed by atoms with Crippen molar-refractivity contribution in [2.45, 2.75) is 44.6 Å². The number of methoxy groups -OCH3 is 1. The van der Waals surface area contributed by atoms with Crippen LogP contribution in [0.25, 0.3) is 0 Å². The van der Waals surface area contributed by atoms with Crippen LogP contribution in [0, 0.1) is 5.92 Å². The molecule has 1 unspecified atom stereocenters. The van der Waals surface area contributed by atoms with E-state index in [1.807, 2.05) is 0 Å². The van der Waals surface area contributed by atoms with Crippen LogP contribution in [-0.2, 0) is 9.53 Å². The first-order chi connectivity index (χ1) is 6.25. The van der Waals surface area contributed by atoms with Crippen molar-refractivity contribution in [3.8, 4) is 0 Å². The van der Waals surface area contributed by atoms with Crippen LogP contribution < -0.4 is 5.73 Å². The van der Waals surface area contributed by atoms with Crippen molar-refractivity contribution >= 4 is 5.97 Å². The van der Waals surface area contributed by atoms with Crippen molar-refractivity contribution in [2.24, 2.45) is 5.92 Å². The van der Waals surface area contributed by atoms with E-state index in [1.165, 1.54) is 20.0 Å². The van der Waals surface area contributed by atoms with E-state index in [-0.39, 0.29) is 11.9 Å². The minimum absolute atomic E-state index is 0.231. The Morgan fingerprint density at radius 1 is 1.31 bits per heavy atom. The van der Waals surface area contributed by atoms with E-state index >= 15 is 0 Å². The second-order valence-corrected chi connectivity index (χ2v) is 3.75. The van der Waals surface area contributed by atoms with Crippen LogP contribution in [0.4, 0.5) is 0 Å². The van der Waals surface area contributed by atoms with Crippen molar-refractivity contribution in [3.05, 3.63) is 0 Å². The zero-order valence-electron chi connectivity index (χ0n) is 8.21. The summed E-state index contributed by atoms with van der Waals surface area (Å²) < 4.78 is 4.58. The van der Waals surface area contributed by atoms with Crippen LogP contribution >= 0.6 is 0 Å². The van der Waals surface area contributed by atoms with E-state index < -0.39 is 6.04 Å². The molecule has 0 bridgehead atoms. The van der Waals surface area contributed by atoms with Gasteiger partial charge in [0, 0.05) is 0 Å². The third kappa shape index (κ3) is 2.99. The third-order valence-corrected chi connectivity index (χ3v) is 2.83. The summed E-state index contributed by atoms with van der Waals surface area (Å²) >= 11 is 0. The maximum absolute atomic E-state index is 11.1. The Bertz CT molecular complexity index is 162. The fourth-order valence-corrected chi connectivity index (χ4v) is 1.96. The normalized spacial score (nSPS) is 22.0. The Labute approximate surface area is 79.6 Å². The third-order valence-electron chi connectivity index (χ3n) is 2.83. The molecule has 0 aromatic rings. The quantitative estimate of drug-likeness (QED) is 0.485. The van der Waals surface area contributed by atoms with Gasteiger partial charge in [0.2, 0.25) is 0 Å². The zero-order valence-corrected chi connectivity index (χ0v) is 8.21. The van der Waals surface area contributed by atoms with Crippen LogP contribution in [0.1, 0.15) is 38.5 Å². The number of carbonyl (C=O) groups is 1. The molecule has 1 aliphatic carbocycles. The predicted molar refractivity (Wildman–Crippen MR) is 50.1 cm³/mol. The lowest BCUT2D eigenvalue weighted by atomic mass is 9.92. The van der Waals surface area contributed by atoms with Crippen LogP contribution in [0.5, 0.6) is 0 Å². The lowest BCUT2D eigenvalue weighted by molar-refractivity contribution is -0.143. The molecule has 75 valence electrons. The first-order valence-electron chi connectivity index (χ1n) is 5.04. The first-order valence-corrected chi connectivity index (χ1v) is 5.04. The Kier molecular flexibility index (Phi) is 4.22. The molecular weight excluding hydrogens is 166 g/mol. The topological polar surface area (TPSA) is 50.1 Å². The molecule has 3 heteroatoms. The molecule has 1 atom stereocenters. The second kappa shape index (κ2) is 5.22. The molecule has 0 spiro atoms. The molecule has 1 rings (SSSR count). The Balaban J connectivity index is 2.43. The monoisotopic (exact) mass is 184 g/mol.